The Morgan fingerprint density at radius 3 is 1.45 bits per heavy atom. The average molecular weight is 1280 g/mol. The van der Waals surface area contributed by atoms with Gasteiger partial charge in [-0.3, -0.25) is 19.2 Å². The molecule has 6 aliphatic rings. The summed E-state index contributed by atoms with van der Waals surface area (Å²) in [6.07, 6.45) is 13.6. The molecular weight excluding hydrogens is 1210 g/mol. The number of benzene rings is 4. The van der Waals surface area contributed by atoms with Gasteiger partial charge in [0, 0.05) is 114 Å². The molecule has 4 aromatic heterocycles. The minimum atomic E-state index is -0.382. The van der Waals surface area contributed by atoms with Crippen LogP contribution in [0.15, 0.2) is 146 Å². The van der Waals surface area contributed by atoms with E-state index in [4.69, 9.17) is 30.5 Å². The molecular formula is C71H70ClN7O10S2. The maximum atomic E-state index is 13.8. The maximum Gasteiger partial charge on any atom is 0.348 e. The molecule has 1 aliphatic carbocycles. The van der Waals surface area contributed by atoms with E-state index in [2.05, 4.69) is 25.5 Å². The summed E-state index contributed by atoms with van der Waals surface area (Å²) in [4.78, 5) is 95.3. The Balaban J connectivity index is 0.000000156. The number of hydrogen-bond donors (Lipinski definition) is 2. The second-order valence-electron chi connectivity index (χ2n) is 23.5. The highest BCUT2D eigenvalue weighted by molar-refractivity contribution is 7.18. The number of ether oxygens (including phenoxy) is 4. The number of para-hydroxylation sites is 2. The van der Waals surface area contributed by atoms with E-state index in [-0.39, 0.29) is 51.7 Å². The predicted octanol–water partition coefficient (Wildman–Crippen LogP) is 14.1. The van der Waals surface area contributed by atoms with E-state index in [1.54, 1.807) is 103 Å². The van der Waals surface area contributed by atoms with Gasteiger partial charge in [-0.1, -0.05) is 54.4 Å². The number of anilines is 5. The highest BCUT2D eigenvalue weighted by atomic mass is 35.5. The normalized spacial score (nSPS) is 16.4. The van der Waals surface area contributed by atoms with Gasteiger partial charge >= 0.3 is 11.9 Å². The van der Waals surface area contributed by atoms with Gasteiger partial charge in [-0.2, -0.15) is 0 Å². The first kappa shape index (κ1) is 62.6. The quantitative estimate of drug-likeness (QED) is 0.0917. The largest absolute Gasteiger partial charge is 0.462 e. The summed E-state index contributed by atoms with van der Waals surface area (Å²) >= 11 is 8.80. The number of fused-ring (bicyclic) bond motifs is 6. The summed E-state index contributed by atoms with van der Waals surface area (Å²) in [5.74, 6) is -0.855. The number of pyridine rings is 2. The van der Waals surface area contributed by atoms with Crippen LogP contribution in [0.1, 0.15) is 131 Å². The summed E-state index contributed by atoms with van der Waals surface area (Å²) in [5, 5.41) is 5.89. The monoisotopic (exact) mass is 1280 g/mol. The Kier molecular flexibility index (Phi) is 19.2. The first-order valence-electron chi connectivity index (χ1n) is 31.0. The molecule has 2 spiro atoms. The molecule has 3 saturated heterocycles. The molecule has 17 nitrogen and oxygen atoms in total. The molecule has 4 amide bonds. The Labute approximate surface area is 541 Å². The average Bonchev–Trinajstić information content (AvgIpc) is 1.11. The topological polar surface area (TPSA) is 199 Å². The molecule has 0 atom stereocenters. The molecule has 20 heteroatoms. The van der Waals surface area contributed by atoms with Crippen LogP contribution in [0.2, 0.25) is 5.15 Å². The molecule has 0 bridgehead atoms. The number of nitrogens with one attached hydrogen (secondary N) is 2. The number of nitrogens with zero attached hydrogens (tertiary/aromatic N) is 5. The molecule has 8 aromatic rings. The minimum Gasteiger partial charge on any atom is -0.462 e. The third-order valence-corrected chi connectivity index (χ3v) is 20.5. The number of esters is 2. The third-order valence-electron chi connectivity index (χ3n) is 17.8. The fourth-order valence-corrected chi connectivity index (χ4v) is 15.2. The van der Waals surface area contributed by atoms with Crippen molar-refractivity contribution in [2.75, 3.05) is 91.2 Å². The Morgan fingerprint density at radius 1 is 0.549 bits per heavy atom. The van der Waals surface area contributed by atoms with Crippen molar-refractivity contribution >= 4 is 98.4 Å². The Morgan fingerprint density at radius 2 is 1.00 bits per heavy atom. The molecule has 1 saturated carbocycles. The fraction of sp³-hybridized carbons (Fsp3) is 0.324. The van der Waals surface area contributed by atoms with Gasteiger partial charge in [0.15, 0.2) is 0 Å². The van der Waals surface area contributed by atoms with Crippen LogP contribution in [0.5, 0.6) is 0 Å². The molecule has 14 rings (SSSR count). The summed E-state index contributed by atoms with van der Waals surface area (Å²) < 4.78 is 21.2. The number of thiophene rings is 2. The van der Waals surface area contributed by atoms with Crippen LogP contribution >= 0.6 is 34.3 Å². The first-order valence-corrected chi connectivity index (χ1v) is 33.0. The summed E-state index contributed by atoms with van der Waals surface area (Å²) in [6.45, 7) is 10.5. The summed E-state index contributed by atoms with van der Waals surface area (Å²) in [6, 6.07) is 39.8. The molecule has 468 valence electrons. The smallest absolute Gasteiger partial charge is 0.348 e. The highest BCUT2D eigenvalue weighted by Crippen LogP contribution is 2.49. The molecule has 2 N–H and O–H groups in total. The van der Waals surface area contributed by atoms with Crippen molar-refractivity contribution in [2.24, 2.45) is 10.8 Å². The van der Waals surface area contributed by atoms with Crippen LogP contribution in [0.25, 0.3) is 20.9 Å². The Bertz CT molecular complexity index is 3990. The lowest BCUT2D eigenvalue weighted by atomic mass is 9.64. The van der Waals surface area contributed by atoms with E-state index in [1.165, 1.54) is 61.0 Å². The molecule has 4 aromatic carbocycles. The number of carbonyl (C=O) groups excluding carboxylic acids is 6. The van der Waals surface area contributed by atoms with Crippen LogP contribution in [-0.2, 0) is 31.8 Å². The summed E-state index contributed by atoms with van der Waals surface area (Å²) in [7, 11) is 0. The first-order chi connectivity index (χ1) is 44.3. The molecule has 0 radical (unpaired) electrons. The number of aromatic nitrogens is 2. The maximum absolute atomic E-state index is 13.8. The van der Waals surface area contributed by atoms with Gasteiger partial charge in [-0.15, -0.1) is 22.7 Å². The number of halogens is 1. The lowest BCUT2D eigenvalue weighted by Crippen LogP contribution is -2.59. The van der Waals surface area contributed by atoms with Gasteiger partial charge in [0.2, 0.25) is 0 Å². The van der Waals surface area contributed by atoms with E-state index in [0.29, 0.717) is 82.8 Å². The van der Waals surface area contributed by atoms with Crippen LogP contribution < -0.4 is 25.3 Å². The lowest BCUT2D eigenvalue weighted by Gasteiger charge is -2.53. The third kappa shape index (κ3) is 13.7. The SMILES string of the molecule is C1CC2(C1)CCOCC2.CCOC(=O)c1cc2c(s1)-c1ccccc1N(C(=O)c1ccc(NC(=O)c3cccnc3Cl)cc1)CC2.CCOC(=O)c1cc2c(s1)-c1ccccc1N(C(=O)c1ccc(NC(=O)c3cccnc3N3CC4(CCOCC4)C3)cc1)CC2. The number of rotatable bonds is 11. The van der Waals surface area contributed by atoms with Crippen LogP contribution in [0.4, 0.5) is 28.6 Å². The van der Waals surface area contributed by atoms with Crippen LogP contribution in [0, 0.1) is 10.8 Å². The molecule has 91 heavy (non-hydrogen) atoms. The molecule has 4 fully saturated rings. The minimum absolute atomic E-state index is 0.120. The zero-order chi connectivity index (χ0) is 63.1. The van der Waals surface area contributed by atoms with Crippen LogP contribution in [0.3, 0.4) is 0 Å². The van der Waals surface area contributed by atoms with E-state index in [1.807, 2.05) is 60.7 Å². The highest BCUT2D eigenvalue weighted by Gasteiger charge is 2.45. The Hall–Kier alpha value is -8.59. The number of amides is 4. The van der Waals surface area contributed by atoms with Gasteiger partial charge in [-0.25, -0.2) is 19.6 Å². The zero-order valence-corrected chi connectivity index (χ0v) is 53.2. The van der Waals surface area contributed by atoms with Gasteiger partial charge in [-0.05, 0) is 179 Å². The lowest BCUT2D eigenvalue weighted by molar-refractivity contribution is -0.0283. The van der Waals surface area contributed by atoms with Crippen molar-refractivity contribution in [1.82, 2.24) is 9.97 Å². The second-order valence-corrected chi connectivity index (χ2v) is 26.0. The van der Waals surface area contributed by atoms with E-state index < -0.39 is 0 Å². The standard InChI is InChI=1S/C35H34N4O5S.C28H22ClN3O4S.C8H14O/c1-2-44-34(42)29-20-24-13-17-39(28-8-4-3-6-26(28)30(24)45-29)33(41)23-9-11-25(12-10-23)37-32(40)27-7-5-16-36-31(27)38-21-35(22-38)14-18-43-19-15-35;1-2-36-28(35)23-16-18-13-15-32(22-8-4-3-6-20(22)24(18)37-23)27(34)17-9-11-19(12-10-17)31-26(33)21-7-5-14-30-25(21)29;1-2-8(3-1)4-6-9-7-5-8/h3-12,16,20H,2,13-15,17-19,21-22H2,1H3,(H,37,40);3-12,14,16H,2,13,15H2,1H3,(H,31,33);1-7H2. The van der Waals surface area contributed by atoms with Gasteiger partial charge in [0.25, 0.3) is 23.6 Å². The molecule has 5 aliphatic heterocycles. The van der Waals surface area contributed by atoms with Gasteiger partial charge in [0.1, 0.15) is 20.7 Å². The molecule has 0 unspecified atom stereocenters. The van der Waals surface area contributed by atoms with Crippen molar-refractivity contribution in [3.63, 3.8) is 0 Å². The van der Waals surface area contributed by atoms with Crippen molar-refractivity contribution in [3.8, 4) is 20.9 Å². The van der Waals surface area contributed by atoms with Crippen molar-refractivity contribution in [3.05, 3.63) is 194 Å². The van der Waals surface area contributed by atoms with Crippen molar-refractivity contribution in [2.45, 2.75) is 71.6 Å². The second kappa shape index (κ2) is 27.9. The van der Waals surface area contributed by atoms with E-state index >= 15 is 0 Å². The van der Waals surface area contributed by atoms with Crippen molar-refractivity contribution < 1.29 is 47.7 Å². The zero-order valence-electron chi connectivity index (χ0n) is 50.8. The van der Waals surface area contributed by atoms with E-state index in [9.17, 15) is 28.8 Å². The van der Waals surface area contributed by atoms with Crippen LogP contribution in [-0.4, -0.2) is 111 Å². The molecule has 9 heterocycles. The predicted molar refractivity (Wildman–Crippen MR) is 355 cm³/mol. The van der Waals surface area contributed by atoms with E-state index in [0.717, 1.165) is 101 Å². The number of carbonyl (C=O) groups is 6. The number of hydrogen-bond acceptors (Lipinski definition) is 15. The van der Waals surface area contributed by atoms with Gasteiger partial charge < -0.3 is 44.3 Å². The van der Waals surface area contributed by atoms with Gasteiger partial charge in [0.05, 0.1) is 35.7 Å². The fourth-order valence-electron chi connectivity index (χ4n) is 12.7. The summed E-state index contributed by atoms with van der Waals surface area (Å²) in [5.41, 5.74) is 9.42. The van der Waals surface area contributed by atoms with Crippen molar-refractivity contribution in [1.29, 1.82) is 0 Å².